The van der Waals surface area contributed by atoms with E-state index in [0.29, 0.717) is 25.1 Å². The van der Waals surface area contributed by atoms with Gasteiger partial charge >= 0.3 is 0 Å². The van der Waals surface area contributed by atoms with Crippen LogP contribution in [0, 0.1) is 12.3 Å². The predicted molar refractivity (Wildman–Crippen MR) is 105 cm³/mol. The lowest BCUT2D eigenvalue weighted by atomic mass is 9.73. The highest BCUT2D eigenvalue weighted by Gasteiger charge is 2.42. The lowest BCUT2D eigenvalue weighted by Gasteiger charge is -2.48. The molecule has 2 saturated heterocycles. The van der Waals surface area contributed by atoms with Crippen molar-refractivity contribution in [3.63, 3.8) is 0 Å². The number of aryl methyl sites for hydroxylation is 1. The molecule has 0 aliphatic carbocycles. The first-order chi connectivity index (χ1) is 13.6. The highest BCUT2D eigenvalue weighted by atomic mass is 16.2. The molecule has 0 aromatic carbocycles. The van der Waals surface area contributed by atoms with Crippen LogP contribution >= 0.6 is 0 Å². The summed E-state index contributed by atoms with van der Waals surface area (Å²) in [5.74, 6) is 0.280. The van der Waals surface area contributed by atoms with E-state index >= 15 is 0 Å². The zero-order valence-electron chi connectivity index (χ0n) is 16.4. The molecule has 4 rings (SSSR count). The van der Waals surface area contributed by atoms with Gasteiger partial charge in [0.2, 0.25) is 5.91 Å². The number of rotatable bonds is 4. The summed E-state index contributed by atoms with van der Waals surface area (Å²) in [5, 5.41) is 0. The Morgan fingerprint density at radius 3 is 2.93 bits per heavy atom. The summed E-state index contributed by atoms with van der Waals surface area (Å²) in [6.07, 6.45) is 11.1. The zero-order valence-corrected chi connectivity index (χ0v) is 16.4. The number of aromatic nitrogens is 3. The van der Waals surface area contributed by atoms with E-state index in [2.05, 4.69) is 15.0 Å². The van der Waals surface area contributed by atoms with Gasteiger partial charge in [-0.25, -0.2) is 4.98 Å². The molecule has 2 aliphatic heterocycles. The molecule has 2 aliphatic rings. The topological polar surface area (TPSA) is 82.2 Å². The number of hydrogen-bond donors (Lipinski definition) is 1. The van der Waals surface area contributed by atoms with Gasteiger partial charge in [0.25, 0.3) is 5.91 Å². The number of nitrogens with one attached hydrogen (secondary N) is 1. The monoisotopic (exact) mass is 381 g/mol. The van der Waals surface area contributed by atoms with Crippen molar-refractivity contribution in [2.24, 2.45) is 5.41 Å². The molecule has 7 heteroatoms. The third-order valence-corrected chi connectivity index (χ3v) is 6.17. The van der Waals surface area contributed by atoms with Gasteiger partial charge in [0.05, 0.1) is 11.9 Å². The highest BCUT2D eigenvalue weighted by Crippen LogP contribution is 2.39. The maximum atomic E-state index is 13.1. The van der Waals surface area contributed by atoms with Crippen LogP contribution in [0.2, 0.25) is 0 Å². The molecule has 1 spiro atoms. The van der Waals surface area contributed by atoms with Crippen LogP contribution in [0.1, 0.15) is 47.3 Å². The van der Waals surface area contributed by atoms with Crippen LogP contribution in [0.5, 0.6) is 0 Å². The third-order valence-electron chi connectivity index (χ3n) is 6.17. The largest absolute Gasteiger partial charge is 0.348 e. The van der Waals surface area contributed by atoms with Gasteiger partial charge in [-0.15, -0.1) is 0 Å². The van der Waals surface area contributed by atoms with Crippen molar-refractivity contribution in [2.75, 3.05) is 26.2 Å². The Labute approximate surface area is 165 Å². The van der Waals surface area contributed by atoms with Gasteiger partial charge in [0, 0.05) is 68.7 Å². The first-order valence-electron chi connectivity index (χ1n) is 10.0. The number of nitrogens with zero attached hydrogens (tertiary/aromatic N) is 4. The summed E-state index contributed by atoms with van der Waals surface area (Å²) in [5.41, 5.74) is 2.69. The van der Waals surface area contributed by atoms with Crippen LogP contribution < -0.4 is 0 Å². The number of likely N-dealkylation sites (tertiary alicyclic amines) is 2. The maximum absolute atomic E-state index is 13.1. The van der Waals surface area contributed by atoms with E-state index in [1.807, 2.05) is 22.8 Å². The summed E-state index contributed by atoms with van der Waals surface area (Å²) < 4.78 is 0. The number of hydrogen-bond acceptors (Lipinski definition) is 4. The van der Waals surface area contributed by atoms with Crippen molar-refractivity contribution in [1.82, 2.24) is 24.8 Å². The Morgan fingerprint density at radius 1 is 1.25 bits per heavy atom. The van der Waals surface area contributed by atoms with Gasteiger partial charge in [-0.1, -0.05) is 0 Å². The lowest BCUT2D eigenvalue weighted by molar-refractivity contribution is -0.138. The molecule has 28 heavy (non-hydrogen) atoms. The van der Waals surface area contributed by atoms with Crippen LogP contribution in [0.25, 0.3) is 0 Å². The molecule has 0 radical (unpaired) electrons. The number of H-pyrrole nitrogens is 1. The number of amides is 2. The molecule has 2 aromatic heterocycles. The van der Waals surface area contributed by atoms with Crippen molar-refractivity contribution in [1.29, 1.82) is 0 Å². The number of pyridine rings is 1. The summed E-state index contributed by atoms with van der Waals surface area (Å²) >= 11 is 0. The van der Waals surface area contributed by atoms with Crippen LogP contribution in [0.4, 0.5) is 0 Å². The Balaban J connectivity index is 1.45. The van der Waals surface area contributed by atoms with Crippen LogP contribution in [0.15, 0.2) is 31.0 Å². The van der Waals surface area contributed by atoms with Crippen LogP contribution in [0.3, 0.4) is 0 Å². The van der Waals surface area contributed by atoms with Crippen molar-refractivity contribution in [3.05, 3.63) is 47.8 Å². The Morgan fingerprint density at radius 2 is 2.14 bits per heavy atom. The Kier molecular flexibility index (Phi) is 5.15. The molecule has 0 saturated carbocycles. The smallest absolute Gasteiger partial charge is 0.255 e. The third kappa shape index (κ3) is 3.79. The second kappa shape index (κ2) is 7.73. The fourth-order valence-corrected chi connectivity index (χ4v) is 4.56. The molecule has 4 heterocycles. The minimum atomic E-state index is 0.00587. The van der Waals surface area contributed by atoms with Gasteiger partial charge in [-0.05, 0) is 37.8 Å². The fraction of sp³-hybridized carbons (Fsp3) is 0.524. The molecule has 1 atom stereocenters. The highest BCUT2D eigenvalue weighted by molar-refractivity contribution is 5.95. The average molecular weight is 381 g/mol. The molecule has 1 N–H and O–H groups in total. The van der Waals surface area contributed by atoms with Crippen molar-refractivity contribution < 1.29 is 9.59 Å². The number of piperidine rings is 2. The minimum Gasteiger partial charge on any atom is -0.348 e. The van der Waals surface area contributed by atoms with Crippen molar-refractivity contribution in [2.45, 2.75) is 39.0 Å². The molecule has 7 nitrogen and oxygen atoms in total. The van der Waals surface area contributed by atoms with Gasteiger partial charge in [-0.2, -0.15) is 0 Å². The molecule has 2 amide bonds. The lowest BCUT2D eigenvalue weighted by Crippen LogP contribution is -2.55. The normalized spacial score (nSPS) is 22.7. The maximum Gasteiger partial charge on any atom is 0.255 e. The molecule has 2 aromatic rings. The molecule has 2 fully saturated rings. The minimum absolute atomic E-state index is 0.00587. The van der Waals surface area contributed by atoms with E-state index in [0.717, 1.165) is 50.0 Å². The summed E-state index contributed by atoms with van der Waals surface area (Å²) in [4.78, 5) is 40.8. The number of imidazole rings is 1. The van der Waals surface area contributed by atoms with Gasteiger partial charge in [0.15, 0.2) is 0 Å². The van der Waals surface area contributed by atoms with E-state index in [4.69, 9.17) is 0 Å². The SMILES string of the molecule is Cc1ccncc1C(=O)N1CCC[C@]2(CCC(=O)N(CCc3cnc[nH]3)C2)C1. The number of carbonyl (C=O) groups is 2. The molecular weight excluding hydrogens is 354 g/mol. The average Bonchev–Trinajstić information content (AvgIpc) is 3.23. The van der Waals surface area contributed by atoms with Crippen LogP contribution in [-0.4, -0.2) is 62.7 Å². The van der Waals surface area contributed by atoms with Crippen molar-refractivity contribution >= 4 is 11.8 Å². The Bertz CT molecular complexity index is 850. The molecule has 0 unspecified atom stereocenters. The first-order valence-corrected chi connectivity index (χ1v) is 10.0. The fourth-order valence-electron chi connectivity index (χ4n) is 4.56. The van der Waals surface area contributed by atoms with E-state index in [1.165, 1.54) is 0 Å². The summed E-state index contributed by atoms with van der Waals surface area (Å²) in [6.45, 7) is 4.87. The second-order valence-electron chi connectivity index (χ2n) is 8.16. The predicted octanol–water partition coefficient (Wildman–Crippen LogP) is 2.20. The van der Waals surface area contributed by atoms with E-state index in [1.54, 1.807) is 24.9 Å². The van der Waals surface area contributed by atoms with E-state index in [-0.39, 0.29) is 17.2 Å². The molecule has 0 bridgehead atoms. The zero-order chi connectivity index (χ0) is 19.6. The standard InChI is InChI=1S/C21H27N5O2/c1-16-4-8-22-12-18(16)20(28)26-9-2-6-21(14-26)7-3-19(27)25(13-21)10-5-17-11-23-15-24-17/h4,8,11-12,15H,2-3,5-7,9-10,13-14H2,1H3,(H,23,24)/t21-/m1/s1. The van der Waals surface area contributed by atoms with Gasteiger partial charge in [0.1, 0.15) is 0 Å². The second-order valence-corrected chi connectivity index (χ2v) is 8.16. The Hall–Kier alpha value is -2.70. The van der Waals surface area contributed by atoms with Gasteiger partial charge < -0.3 is 14.8 Å². The summed E-state index contributed by atoms with van der Waals surface area (Å²) in [7, 11) is 0. The van der Waals surface area contributed by atoms with Crippen LogP contribution in [-0.2, 0) is 11.2 Å². The van der Waals surface area contributed by atoms with Gasteiger partial charge in [-0.3, -0.25) is 14.6 Å². The van der Waals surface area contributed by atoms with E-state index in [9.17, 15) is 9.59 Å². The first kappa shape index (κ1) is 18.7. The number of aromatic amines is 1. The summed E-state index contributed by atoms with van der Waals surface area (Å²) in [6, 6.07) is 1.88. The molecule has 148 valence electrons. The number of carbonyl (C=O) groups excluding carboxylic acids is 2. The van der Waals surface area contributed by atoms with E-state index < -0.39 is 0 Å². The quantitative estimate of drug-likeness (QED) is 0.880. The molecular formula is C21H27N5O2. The van der Waals surface area contributed by atoms with Crippen molar-refractivity contribution in [3.8, 4) is 0 Å².